The molecule has 0 radical (unpaired) electrons. The Morgan fingerprint density at radius 3 is 1.54 bits per heavy atom. The smallest absolute Gasteiger partial charge is 0.246 e. The van der Waals surface area contributed by atoms with E-state index in [4.69, 9.17) is 9.94 Å². The van der Waals surface area contributed by atoms with Crippen LogP contribution < -0.4 is 0 Å². The molecule has 1 amide bonds. The van der Waals surface area contributed by atoms with Crippen LogP contribution in [0.25, 0.3) is 0 Å². The number of hydrogen-bond donors (Lipinski definition) is 1. The largest absolute Gasteiger partial charge is 0.394 e. The Hall–Kier alpha value is -0.610. The summed E-state index contributed by atoms with van der Waals surface area (Å²) >= 11 is 0. The van der Waals surface area contributed by atoms with Gasteiger partial charge in [0.2, 0.25) is 5.91 Å². The molecule has 0 aliphatic rings. The van der Waals surface area contributed by atoms with Gasteiger partial charge in [-0.3, -0.25) is 9.63 Å². The van der Waals surface area contributed by atoms with E-state index in [0.29, 0.717) is 13.0 Å². The lowest BCUT2D eigenvalue weighted by atomic mass is 10.0. The van der Waals surface area contributed by atoms with Crippen LogP contribution in [-0.4, -0.2) is 35.8 Å². The normalized spacial score (nSPS) is 11.0. The van der Waals surface area contributed by atoms with E-state index in [9.17, 15) is 4.79 Å². The van der Waals surface area contributed by atoms with Gasteiger partial charge in [0.25, 0.3) is 0 Å². The fourth-order valence-electron chi connectivity index (χ4n) is 3.28. The van der Waals surface area contributed by atoms with Gasteiger partial charge in [0, 0.05) is 6.42 Å². The first-order valence-corrected chi connectivity index (χ1v) is 11.3. The quantitative estimate of drug-likeness (QED) is 0.210. The van der Waals surface area contributed by atoms with E-state index in [1.807, 2.05) is 6.92 Å². The number of carbonyl (C=O) groups excluding carboxylic acids is 1. The van der Waals surface area contributed by atoms with Crippen molar-refractivity contribution >= 4 is 5.91 Å². The van der Waals surface area contributed by atoms with E-state index in [-0.39, 0.29) is 19.1 Å². The third-order valence-electron chi connectivity index (χ3n) is 4.86. The molecular weight excluding hydrogens is 326 g/mol. The summed E-state index contributed by atoms with van der Waals surface area (Å²) in [6.45, 7) is 4.81. The zero-order valence-corrected chi connectivity index (χ0v) is 17.6. The number of carbonyl (C=O) groups is 1. The van der Waals surface area contributed by atoms with Crippen LogP contribution in [0.4, 0.5) is 0 Å². The van der Waals surface area contributed by atoms with Crippen molar-refractivity contribution in [2.75, 3.05) is 19.8 Å². The molecule has 0 rings (SSSR count). The number of nitrogens with zero attached hydrogens (tertiary/aromatic N) is 1. The Balaban J connectivity index is 3.29. The van der Waals surface area contributed by atoms with Gasteiger partial charge in [-0.15, -0.1) is 0 Å². The van der Waals surface area contributed by atoms with Crippen LogP contribution in [0.2, 0.25) is 0 Å². The third-order valence-corrected chi connectivity index (χ3v) is 4.86. The van der Waals surface area contributed by atoms with Crippen LogP contribution in [0.15, 0.2) is 0 Å². The van der Waals surface area contributed by atoms with Gasteiger partial charge in [-0.25, -0.2) is 5.06 Å². The van der Waals surface area contributed by atoms with Gasteiger partial charge in [-0.2, -0.15) is 0 Å². The molecule has 0 spiro atoms. The summed E-state index contributed by atoms with van der Waals surface area (Å²) < 4.78 is 0. The fraction of sp³-hybridized carbons (Fsp3) is 0.955. The molecule has 0 saturated heterocycles. The predicted octanol–water partition coefficient (Wildman–Crippen LogP) is 6.02. The Morgan fingerprint density at radius 2 is 1.15 bits per heavy atom. The monoisotopic (exact) mass is 371 g/mol. The molecule has 0 aliphatic carbocycles. The maximum absolute atomic E-state index is 11.9. The number of aliphatic hydroxyl groups is 1. The molecule has 0 aromatic heterocycles. The summed E-state index contributed by atoms with van der Waals surface area (Å²) in [5.41, 5.74) is 0. The summed E-state index contributed by atoms with van der Waals surface area (Å²) in [6, 6.07) is 0. The molecular formula is C22H45NO3. The molecule has 0 atom stereocenters. The van der Waals surface area contributed by atoms with E-state index in [0.717, 1.165) is 12.8 Å². The van der Waals surface area contributed by atoms with Gasteiger partial charge < -0.3 is 5.11 Å². The van der Waals surface area contributed by atoms with Crippen LogP contribution >= 0.6 is 0 Å². The predicted molar refractivity (Wildman–Crippen MR) is 110 cm³/mol. The highest BCUT2D eigenvalue weighted by Gasteiger charge is 2.12. The van der Waals surface area contributed by atoms with Gasteiger partial charge in [0.1, 0.15) is 0 Å². The van der Waals surface area contributed by atoms with Crippen molar-refractivity contribution < 1.29 is 14.7 Å². The average molecular weight is 372 g/mol. The SMILES string of the molecule is CCCCCCCCCCCCCCCCCC(=O)N(CCO)OCC. The van der Waals surface area contributed by atoms with Crippen LogP contribution in [0.3, 0.4) is 0 Å². The lowest BCUT2D eigenvalue weighted by Crippen LogP contribution is -2.33. The van der Waals surface area contributed by atoms with Crippen LogP contribution in [0.1, 0.15) is 117 Å². The first-order valence-electron chi connectivity index (χ1n) is 11.3. The van der Waals surface area contributed by atoms with Crippen LogP contribution in [0, 0.1) is 0 Å². The van der Waals surface area contributed by atoms with Crippen molar-refractivity contribution in [2.24, 2.45) is 0 Å². The Labute approximate surface area is 162 Å². The van der Waals surface area contributed by atoms with Crippen molar-refractivity contribution in [3.05, 3.63) is 0 Å². The maximum Gasteiger partial charge on any atom is 0.246 e. The second-order valence-corrected chi connectivity index (χ2v) is 7.34. The summed E-state index contributed by atoms with van der Waals surface area (Å²) in [6.07, 6.45) is 20.4. The van der Waals surface area contributed by atoms with Crippen LogP contribution in [-0.2, 0) is 9.63 Å². The molecule has 156 valence electrons. The highest BCUT2D eigenvalue weighted by molar-refractivity contribution is 5.74. The minimum Gasteiger partial charge on any atom is -0.394 e. The highest BCUT2D eigenvalue weighted by Crippen LogP contribution is 2.14. The van der Waals surface area contributed by atoms with Crippen molar-refractivity contribution in [2.45, 2.75) is 117 Å². The summed E-state index contributed by atoms with van der Waals surface area (Å²) in [4.78, 5) is 17.2. The fourth-order valence-corrected chi connectivity index (χ4v) is 3.28. The number of amides is 1. The topological polar surface area (TPSA) is 49.8 Å². The highest BCUT2D eigenvalue weighted by atomic mass is 16.7. The van der Waals surface area contributed by atoms with E-state index in [1.54, 1.807) is 0 Å². The molecule has 0 aromatic rings. The Bertz CT molecular complexity index is 291. The first-order chi connectivity index (χ1) is 12.8. The third kappa shape index (κ3) is 16.8. The zero-order chi connectivity index (χ0) is 19.3. The Kier molecular flexibility index (Phi) is 20.2. The van der Waals surface area contributed by atoms with E-state index >= 15 is 0 Å². The molecule has 0 aromatic carbocycles. The average Bonchev–Trinajstić information content (AvgIpc) is 2.64. The second-order valence-electron chi connectivity index (χ2n) is 7.34. The maximum atomic E-state index is 11.9. The molecule has 0 fully saturated rings. The van der Waals surface area contributed by atoms with Gasteiger partial charge >= 0.3 is 0 Å². The molecule has 0 heterocycles. The van der Waals surface area contributed by atoms with E-state index in [2.05, 4.69) is 6.92 Å². The van der Waals surface area contributed by atoms with Crippen LogP contribution in [0.5, 0.6) is 0 Å². The molecule has 0 saturated carbocycles. The molecule has 0 unspecified atom stereocenters. The molecule has 0 bridgehead atoms. The van der Waals surface area contributed by atoms with Crippen molar-refractivity contribution in [1.29, 1.82) is 0 Å². The van der Waals surface area contributed by atoms with Crippen molar-refractivity contribution in [3.8, 4) is 0 Å². The lowest BCUT2D eigenvalue weighted by molar-refractivity contribution is -0.187. The van der Waals surface area contributed by atoms with E-state index in [1.165, 1.54) is 88.5 Å². The van der Waals surface area contributed by atoms with Gasteiger partial charge in [-0.1, -0.05) is 96.8 Å². The summed E-state index contributed by atoms with van der Waals surface area (Å²) in [5.74, 6) is -0.00408. The molecule has 26 heavy (non-hydrogen) atoms. The van der Waals surface area contributed by atoms with Gasteiger partial charge in [-0.05, 0) is 13.3 Å². The zero-order valence-electron chi connectivity index (χ0n) is 17.6. The Morgan fingerprint density at radius 1 is 0.731 bits per heavy atom. The lowest BCUT2D eigenvalue weighted by Gasteiger charge is -2.19. The van der Waals surface area contributed by atoms with Gasteiger partial charge in [0.15, 0.2) is 0 Å². The number of rotatable bonds is 20. The standard InChI is InChI=1S/C22H45NO3/c1-3-5-6-7-8-9-10-11-12-13-14-15-16-17-18-19-22(25)23(20-21-24)26-4-2/h24H,3-21H2,1-2H3. The minimum absolute atomic E-state index is 0.00408. The number of hydroxylamine groups is 2. The minimum atomic E-state index is -0.0510. The molecule has 0 aliphatic heterocycles. The van der Waals surface area contributed by atoms with Gasteiger partial charge in [0.05, 0.1) is 19.8 Å². The molecule has 4 heteroatoms. The van der Waals surface area contributed by atoms with E-state index < -0.39 is 0 Å². The molecule has 4 nitrogen and oxygen atoms in total. The number of aliphatic hydroxyl groups excluding tert-OH is 1. The second kappa shape index (κ2) is 20.7. The molecule has 1 N–H and O–H groups in total. The number of hydrogen-bond acceptors (Lipinski definition) is 3. The summed E-state index contributed by atoms with van der Waals surface area (Å²) in [7, 11) is 0. The summed E-state index contributed by atoms with van der Waals surface area (Å²) in [5, 5.41) is 10.3. The van der Waals surface area contributed by atoms with Crippen molar-refractivity contribution in [3.63, 3.8) is 0 Å². The van der Waals surface area contributed by atoms with Crippen molar-refractivity contribution in [1.82, 2.24) is 5.06 Å². The number of unbranched alkanes of at least 4 members (excludes halogenated alkanes) is 14. The first kappa shape index (κ1) is 25.4.